The Morgan fingerprint density at radius 2 is 1.64 bits per heavy atom. The average Bonchev–Trinajstić information content (AvgIpc) is 2.56. The third-order valence-electron chi connectivity index (χ3n) is 2.60. The van der Waals surface area contributed by atoms with Crippen LogP contribution in [0, 0.1) is 11.8 Å². The molecule has 0 aliphatic heterocycles. The number of rotatable bonds is 2. The van der Waals surface area contributed by atoms with Crippen molar-refractivity contribution in [1.29, 1.82) is 0 Å². The molecule has 5 heteroatoms. The van der Waals surface area contributed by atoms with Crippen molar-refractivity contribution in [2.24, 2.45) is 11.8 Å². The van der Waals surface area contributed by atoms with Gasteiger partial charge in [-0.05, 0) is 5.92 Å². The Bertz CT molecular complexity index is 154. The fourth-order valence-electron chi connectivity index (χ4n) is 1.74. The molecule has 0 aromatic heterocycles. The Balaban J connectivity index is 0.000000605. The standard InChI is InChI=1S/C6H9BF3.K/c8-7(9,10)6-3-5(6)4-1-2-4;/h4-6H,1-3H2;/q-1;+1/t5-,6+;/m0./s1. The van der Waals surface area contributed by atoms with E-state index in [0.717, 1.165) is 12.8 Å². The van der Waals surface area contributed by atoms with Gasteiger partial charge in [-0.25, -0.2) is 0 Å². The van der Waals surface area contributed by atoms with Crippen molar-refractivity contribution in [3.05, 3.63) is 0 Å². The fourth-order valence-corrected chi connectivity index (χ4v) is 1.74. The van der Waals surface area contributed by atoms with Crippen molar-refractivity contribution in [3.8, 4) is 0 Å². The molecule has 11 heavy (non-hydrogen) atoms. The van der Waals surface area contributed by atoms with Crippen LogP contribution >= 0.6 is 0 Å². The first-order chi connectivity index (χ1) is 4.59. The van der Waals surface area contributed by atoms with E-state index in [1.807, 2.05) is 0 Å². The van der Waals surface area contributed by atoms with E-state index in [2.05, 4.69) is 0 Å². The summed E-state index contributed by atoms with van der Waals surface area (Å²) in [6.45, 7) is -4.49. The molecular weight excluding hydrogens is 179 g/mol. The Morgan fingerprint density at radius 3 is 1.91 bits per heavy atom. The molecule has 0 unspecified atom stereocenters. The van der Waals surface area contributed by atoms with Crippen LogP contribution in [0.5, 0.6) is 0 Å². The van der Waals surface area contributed by atoms with Gasteiger partial charge in [-0.3, -0.25) is 0 Å². The number of halogens is 3. The first-order valence-electron chi connectivity index (χ1n) is 3.79. The molecule has 2 saturated carbocycles. The Morgan fingerprint density at radius 1 is 1.09 bits per heavy atom. The Labute approximate surface area is 107 Å². The van der Waals surface area contributed by atoms with E-state index in [9.17, 15) is 12.9 Å². The summed E-state index contributed by atoms with van der Waals surface area (Å²) >= 11 is 0. The van der Waals surface area contributed by atoms with Crippen molar-refractivity contribution in [3.63, 3.8) is 0 Å². The van der Waals surface area contributed by atoms with Crippen molar-refractivity contribution < 1.29 is 64.3 Å². The van der Waals surface area contributed by atoms with E-state index < -0.39 is 12.8 Å². The molecule has 0 spiro atoms. The van der Waals surface area contributed by atoms with Crippen LogP contribution in [0.3, 0.4) is 0 Å². The zero-order valence-electron chi connectivity index (χ0n) is 6.56. The van der Waals surface area contributed by atoms with Crippen molar-refractivity contribution in [1.82, 2.24) is 0 Å². The minimum absolute atomic E-state index is 0. The molecule has 0 bridgehead atoms. The SMILES string of the molecule is F[B-](F)(F)[C@@H]1C[C@H]1C1CC1.[K+]. The summed E-state index contributed by atoms with van der Waals surface area (Å²) in [5, 5.41) is 0. The maximum Gasteiger partial charge on any atom is 1.00 e. The molecule has 0 radical (unpaired) electrons. The van der Waals surface area contributed by atoms with Crippen molar-refractivity contribution in [2.75, 3.05) is 0 Å². The smallest absolute Gasteiger partial charge is 0.449 e. The van der Waals surface area contributed by atoms with Crippen molar-refractivity contribution >= 4 is 6.98 Å². The normalized spacial score (nSPS) is 36.3. The molecule has 2 fully saturated rings. The topological polar surface area (TPSA) is 0 Å². The number of hydrogen-bond donors (Lipinski definition) is 0. The molecule has 2 rings (SSSR count). The molecule has 0 heterocycles. The van der Waals surface area contributed by atoms with Crippen LogP contribution in [0.15, 0.2) is 0 Å². The van der Waals surface area contributed by atoms with Gasteiger partial charge in [-0.2, -0.15) is 0 Å². The molecule has 2 aliphatic rings. The molecule has 0 aromatic rings. The van der Waals surface area contributed by atoms with Gasteiger partial charge >= 0.3 is 58.4 Å². The first kappa shape index (κ1) is 10.6. The summed E-state index contributed by atoms with van der Waals surface area (Å²) in [5.74, 6) is -0.374. The van der Waals surface area contributed by atoms with E-state index >= 15 is 0 Å². The second-order valence-electron chi connectivity index (χ2n) is 3.53. The van der Waals surface area contributed by atoms with Crippen molar-refractivity contribution in [2.45, 2.75) is 25.1 Å². The summed E-state index contributed by atoms with van der Waals surface area (Å²) in [6, 6.07) is 0. The molecule has 58 valence electrons. The quantitative estimate of drug-likeness (QED) is 0.519. The summed E-state index contributed by atoms with van der Waals surface area (Å²) in [5.41, 5.74) is 0. The van der Waals surface area contributed by atoms with Gasteiger partial charge in [0.1, 0.15) is 0 Å². The molecule has 2 aliphatic carbocycles. The summed E-state index contributed by atoms with van der Waals surface area (Å²) in [6.07, 6.45) is 2.54. The van der Waals surface area contributed by atoms with Gasteiger partial charge in [0, 0.05) is 0 Å². The van der Waals surface area contributed by atoms with Crippen LogP contribution in [0.4, 0.5) is 12.9 Å². The molecule has 0 N–H and O–H groups in total. The first-order valence-corrected chi connectivity index (χ1v) is 3.79. The minimum atomic E-state index is -4.49. The molecule has 0 aromatic carbocycles. The average molecular weight is 188 g/mol. The zero-order chi connectivity index (χ0) is 7.35. The predicted octanol–water partition coefficient (Wildman–Crippen LogP) is -0.362. The van der Waals surface area contributed by atoms with E-state index in [-0.39, 0.29) is 57.3 Å². The van der Waals surface area contributed by atoms with Gasteiger partial charge in [0.15, 0.2) is 0 Å². The Hall–Kier alpha value is 1.49. The monoisotopic (exact) mass is 188 g/mol. The maximum atomic E-state index is 11.9. The fraction of sp³-hybridized carbons (Fsp3) is 1.00. The minimum Gasteiger partial charge on any atom is -0.449 e. The predicted molar refractivity (Wildman–Crippen MR) is 33.7 cm³/mol. The largest absolute Gasteiger partial charge is 1.00 e. The van der Waals surface area contributed by atoms with E-state index in [0.29, 0.717) is 12.3 Å². The van der Waals surface area contributed by atoms with Crippen LogP contribution in [-0.2, 0) is 0 Å². The molecule has 0 nitrogen and oxygen atoms in total. The van der Waals surface area contributed by atoms with E-state index in [4.69, 9.17) is 0 Å². The second kappa shape index (κ2) is 3.33. The summed E-state index contributed by atoms with van der Waals surface area (Å²) in [4.78, 5) is 0. The molecule has 0 saturated heterocycles. The third-order valence-corrected chi connectivity index (χ3v) is 2.60. The Kier molecular flexibility index (Phi) is 3.20. The molecular formula is C6H9BF3K. The maximum absolute atomic E-state index is 11.9. The van der Waals surface area contributed by atoms with Gasteiger partial charge in [0.2, 0.25) is 0 Å². The number of hydrogen-bond acceptors (Lipinski definition) is 0. The van der Waals surface area contributed by atoms with Crippen LogP contribution < -0.4 is 51.4 Å². The summed E-state index contributed by atoms with van der Waals surface area (Å²) in [7, 11) is 0. The van der Waals surface area contributed by atoms with Crippen LogP contribution in [0.2, 0.25) is 5.82 Å². The van der Waals surface area contributed by atoms with Gasteiger partial charge in [-0.1, -0.05) is 31.0 Å². The molecule has 2 atom stereocenters. The van der Waals surface area contributed by atoms with Gasteiger partial charge in [0.05, 0.1) is 0 Å². The zero-order valence-corrected chi connectivity index (χ0v) is 9.69. The van der Waals surface area contributed by atoms with E-state index in [1.54, 1.807) is 0 Å². The molecule has 0 amide bonds. The van der Waals surface area contributed by atoms with E-state index in [1.165, 1.54) is 0 Å². The third kappa shape index (κ3) is 2.47. The summed E-state index contributed by atoms with van der Waals surface area (Å²) < 4.78 is 35.8. The van der Waals surface area contributed by atoms with Crippen LogP contribution in [0.1, 0.15) is 19.3 Å². The van der Waals surface area contributed by atoms with Crippen LogP contribution in [-0.4, -0.2) is 6.98 Å². The van der Waals surface area contributed by atoms with Gasteiger partial charge < -0.3 is 12.9 Å². The van der Waals surface area contributed by atoms with Gasteiger partial charge in [-0.15, -0.1) is 0 Å². The van der Waals surface area contributed by atoms with Gasteiger partial charge in [0.25, 0.3) is 0 Å². The second-order valence-corrected chi connectivity index (χ2v) is 3.53. The van der Waals surface area contributed by atoms with Crippen LogP contribution in [0.25, 0.3) is 0 Å².